The van der Waals surface area contributed by atoms with Crippen molar-refractivity contribution in [1.82, 2.24) is 19.4 Å². The zero-order valence-electron chi connectivity index (χ0n) is 19.4. The summed E-state index contributed by atoms with van der Waals surface area (Å²) in [6.07, 6.45) is 2.87. The van der Waals surface area contributed by atoms with Gasteiger partial charge in [0.05, 0.1) is 24.7 Å². The lowest BCUT2D eigenvalue weighted by Gasteiger charge is -2.18. The fourth-order valence-electron chi connectivity index (χ4n) is 4.07. The first-order valence-electron chi connectivity index (χ1n) is 10.7. The van der Waals surface area contributed by atoms with Gasteiger partial charge in [0.1, 0.15) is 22.1 Å². The second-order valence-electron chi connectivity index (χ2n) is 8.66. The molecule has 0 saturated carbocycles. The number of rotatable bonds is 6. The van der Waals surface area contributed by atoms with Crippen molar-refractivity contribution < 1.29 is 14.3 Å². The number of nitrogens with one attached hydrogen (secondary N) is 1. The minimum absolute atomic E-state index is 0.176. The van der Waals surface area contributed by atoms with E-state index in [1.54, 1.807) is 18.3 Å². The third-order valence-corrected chi connectivity index (χ3v) is 7.87. The highest BCUT2D eigenvalue weighted by Crippen LogP contribution is 2.36. The van der Waals surface area contributed by atoms with Crippen LogP contribution in [0.2, 0.25) is 0 Å². The van der Waals surface area contributed by atoms with Gasteiger partial charge in [-0.3, -0.25) is 14.2 Å². The number of ether oxygens (including phenoxy) is 1. The van der Waals surface area contributed by atoms with Gasteiger partial charge < -0.3 is 15.0 Å². The summed E-state index contributed by atoms with van der Waals surface area (Å²) in [4.78, 5) is 51.6. The molecule has 4 rings (SSSR count). The van der Waals surface area contributed by atoms with E-state index in [1.165, 1.54) is 16.6 Å². The second kappa shape index (κ2) is 9.32. The van der Waals surface area contributed by atoms with Crippen LogP contribution in [0.25, 0.3) is 10.2 Å². The predicted molar refractivity (Wildman–Crippen MR) is 129 cm³/mol. The average Bonchev–Trinajstić information content (AvgIpc) is 3.28. The standard InChI is InChI=1S/C22H27N5O4S2/c1-11-6-7-13-14(8-11)32-19-17(13)20(29)27(15(24-19)9-26(3)4)10-16(28)25-22-23-12(2)18(33-22)21(30)31-5/h11H,6-10H2,1-5H3,(H,23,25,28). The highest BCUT2D eigenvalue weighted by molar-refractivity contribution is 7.19. The summed E-state index contributed by atoms with van der Waals surface area (Å²) >= 11 is 2.65. The van der Waals surface area contributed by atoms with Crippen LogP contribution >= 0.6 is 22.7 Å². The molecule has 0 aromatic carbocycles. The number of carbonyl (C=O) groups excluding carboxylic acids is 2. The summed E-state index contributed by atoms with van der Waals surface area (Å²) in [6, 6.07) is 0. The van der Waals surface area contributed by atoms with Crippen LogP contribution in [-0.4, -0.2) is 52.5 Å². The average molecular weight is 490 g/mol. The maximum atomic E-state index is 13.6. The molecule has 0 saturated heterocycles. The highest BCUT2D eigenvalue weighted by Gasteiger charge is 2.25. The van der Waals surface area contributed by atoms with Gasteiger partial charge in [0, 0.05) is 4.88 Å². The normalized spacial score (nSPS) is 15.6. The Morgan fingerprint density at radius 3 is 2.73 bits per heavy atom. The topological polar surface area (TPSA) is 106 Å². The number of thiophene rings is 1. The fourth-order valence-corrected chi connectivity index (χ4v) is 6.36. The molecule has 0 fully saturated rings. The lowest BCUT2D eigenvalue weighted by atomic mass is 9.89. The Hall–Kier alpha value is -2.63. The number of anilines is 1. The van der Waals surface area contributed by atoms with Crippen LogP contribution in [0.4, 0.5) is 5.13 Å². The van der Waals surface area contributed by atoms with E-state index in [2.05, 4.69) is 17.2 Å². The maximum Gasteiger partial charge on any atom is 0.350 e. The lowest BCUT2D eigenvalue weighted by molar-refractivity contribution is -0.116. The Morgan fingerprint density at radius 2 is 2.03 bits per heavy atom. The van der Waals surface area contributed by atoms with Crippen LogP contribution in [-0.2, 0) is 35.5 Å². The second-order valence-corrected chi connectivity index (χ2v) is 10.7. The molecule has 1 N–H and O–H groups in total. The van der Waals surface area contributed by atoms with Crippen LogP contribution < -0.4 is 10.9 Å². The molecule has 0 bridgehead atoms. The van der Waals surface area contributed by atoms with E-state index in [-0.39, 0.29) is 17.2 Å². The molecule has 176 valence electrons. The van der Waals surface area contributed by atoms with Crippen molar-refractivity contribution in [3.05, 3.63) is 37.2 Å². The van der Waals surface area contributed by atoms with E-state index in [0.29, 0.717) is 34.2 Å². The van der Waals surface area contributed by atoms with E-state index in [0.717, 1.165) is 41.0 Å². The highest BCUT2D eigenvalue weighted by atomic mass is 32.1. The van der Waals surface area contributed by atoms with Gasteiger partial charge in [0.2, 0.25) is 5.91 Å². The van der Waals surface area contributed by atoms with Gasteiger partial charge in [-0.1, -0.05) is 18.3 Å². The first-order chi connectivity index (χ1) is 15.7. The van der Waals surface area contributed by atoms with Gasteiger partial charge in [0.25, 0.3) is 5.56 Å². The van der Waals surface area contributed by atoms with Gasteiger partial charge in [-0.2, -0.15) is 0 Å². The molecule has 1 unspecified atom stereocenters. The number of aromatic nitrogens is 3. The molecule has 9 nitrogen and oxygen atoms in total. The predicted octanol–water partition coefficient (Wildman–Crippen LogP) is 2.83. The number of fused-ring (bicyclic) bond motifs is 3. The molecular weight excluding hydrogens is 462 g/mol. The number of hydrogen-bond donors (Lipinski definition) is 1. The molecular formula is C22H27N5O4S2. The lowest BCUT2D eigenvalue weighted by Crippen LogP contribution is -2.33. The minimum Gasteiger partial charge on any atom is -0.465 e. The largest absolute Gasteiger partial charge is 0.465 e. The molecule has 0 spiro atoms. The van der Waals surface area contributed by atoms with E-state index in [1.807, 2.05) is 19.0 Å². The zero-order valence-corrected chi connectivity index (χ0v) is 21.0. The molecule has 0 radical (unpaired) electrons. The number of amides is 1. The molecule has 0 aliphatic heterocycles. The number of thiazole rings is 1. The van der Waals surface area contributed by atoms with E-state index in [4.69, 9.17) is 9.72 Å². The maximum absolute atomic E-state index is 13.6. The monoisotopic (exact) mass is 489 g/mol. The minimum atomic E-state index is -0.499. The van der Waals surface area contributed by atoms with E-state index in [9.17, 15) is 14.4 Å². The Balaban J connectivity index is 1.68. The molecule has 1 aliphatic rings. The fraction of sp³-hybridized carbons (Fsp3) is 0.500. The van der Waals surface area contributed by atoms with Crippen LogP contribution in [0, 0.1) is 12.8 Å². The summed E-state index contributed by atoms with van der Waals surface area (Å²) in [6.45, 7) is 4.15. The van der Waals surface area contributed by atoms with Gasteiger partial charge in [-0.15, -0.1) is 11.3 Å². The number of aryl methyl sites for hydroxylation is 2. The van der Waals surface area contributed by atoms with Crippen molar-refractivity contribution in [3.63, 3.8) is 0 Å². The Bertz CT molecular complexity index is 1290. The van der Waals surface area contributed by atoms with Crippen molar-refractivity contribution in [3.8, 4) is 0 Å². The molecule has 3 aromatic heterocycles. The summed E-state index contributed by atoms with van der Waals surface area (Å²) in [5.74, 6) is 0.239. The number of hydrogen-bond acceptors (Lipinski definition) is 9. The van der Waals surface area contributed by atoms with Gasteiger partial charge in [-0.05, 0) is 51.8 Å². The number of esters is 1. The summed E-state index contributed by atoms with van der Waals surface area (Å²) in [7, 11) is 5.09. The zero-order chi connectivity index (χ0) is 23.9. The number of carbonyl (C=O) groups is 2. The van der Waals surface area contributed by atoms with E-state index >= 15 is 0 Å². The van der Waals surface area contributed by atoms with Crippen LogP contribution in [0.5, 0.6) is 0 Å². The first kappa shape index (κ1) is 23.5. The molecule has 1 atom stereocenters. The van der Waals surface area contributed by atoms with Crippen molar-refractivity contribution in [2.75, 3.05) is 26.5 Å². The van der Waals surface area contributed by atoms with Crippen LogP contribution in [0.1, 0.15) is 45.0 Å². The Kier molecular flexibility index (Phi) is 6.64. The van der Waals surface area contributed by atoms with Gasteiger partial charge in [-0.25, -0.2) is 14.8 Å². The molecule has 1 amide bonds. The quantitative estimate of drug-likeness (QED) is 0.531. The van der Waals surface area contributed by atoms with Gasteiger partial charge in [0.15, 0.2) is 5.13 Å². The number of methoxy groups -OCH3 is 1. The van der Waals surface area contributed by atoms with Crippen LogP contribution in [0.3, 0.4) is 0 Å². The Morgan fingerprint density at radius 1 is 1.27 bits per heavy atom. The number of nitrogens with zero attached hydrogens (tertiary/aromatic N) is 4. The van der Waals surface area contributed by atoms with Gasteiger partial charge >= 0.3 is 5.97 Å². The first-order valence-corrected chi connectivity index (χ1v) is 12.4. The molecule has 11 heteroatoms. The molecule has 33 heavy (non-hydrogen) atoms. The smallest absolute Gasteiger partial charge is 0.350 e. The third-order valence-electron chi connectivity index (χ3n) is 5.67. The van der Waals surface area contributed by atoms with Crippen LogP contribution in [0.15, 0.2) is 4.79 Å². The summed E-state index contributed by atoms with van der Waals surface area (Å²) in [5, 5.41) is 3.65. The summed E-state index contributed by atoms with van der Waals surface area (Å²) in [5.41, 5.74) is 1.40. The summed E-state index contributed by atoms with van der Waals surface area (Å²) < 4.78 is 6.21. The van der Waals surface area contributed by atoms with Crippen molar-refractivity contribution >= 4 is 49.9 Å². The third kappa shape index (κ3) is 4.71. The van der Waals surface area contributed by atoms with Crippen molar-refractivity contribution in [2.24, 2.45) is 5.92 Å². The van der Waals surface area contributed by atoms with E-state index < -0.39 is 11.9 Å². The molecule has 3 heterocycles. The molecule has 1 aliphatic carbocycles. The van der Waals surface area contributed by atoms with Crippen molar-refractivity contribution in [2.45, 2.75) is 46.2 Å². The Labute approximate surface area is 199 Å². The SMILES string of the molecule is COC(=O)c1sc(NC(=O)Cn2c(CN(C)C)nc3sc4c(c3c2=O)CCC(C)C4)nc1C. The molecule has 3 aromatic rings. The van der Waals surface area contributed by atoms with Crippen molar-refractivity contribution in [1.29, 1.82) is 0 Å².